The van der Waals surface area contributed by atoms with Crippen LogP contribution in [0.2, 0.25) is 5.02 Å². The van der Waals surface area contributed by atoms with Gasteiger partial charge in [-0.05, 0) is 49.6 Å². The van der Waals surface area contributed by atoms with E-state index >= 15 is 0 Å². The van der Waals surface area contributed by atoms with Crippen LogP contribution in [0.15, 0.2) is 48.8 Å². The van der Waals surface area contributed by atoms with Gasteiger partial charge in [-0.1, -0.05) is 23.7 Å². The highest BCUT2D eigenvalue weighted by molar-refractivity contribution is 6.30. The molecule has 1 aliphatic heterocycles. The van der Waals surface area contributed by atoms with Gasteiger partial charge in [0.1, 0.15) is 5.82 Å². The van der Waals surface area contributed by atoms with Crippen LogP contribution in [-0.4, -0.2) is 37.2 Å². The predicted octanol–water partition coefficient (Wildman–Crippen LogP) is 4.05. The number of carbonyl (C=O) groups excluding carboxylic acids is 1. The molecule has 3 aromatic rings. The Kier molecular flexibility index (Phi) is 5.25. The number of hydrogen-bond donors (Lipinski definition) is 1. The molecule has 2 aromatic heterocycles. The lowest BCUT2D eigenvalue weighted by atomic mass is 10.2. The first-order valence-electron chi connectivity index (χ1n) is 9.23. The van der Waals surface area contributed by atoms with Gasteiger partial charge in [0.05, 0.1) is 12.6 Å². The number of carbonyl (C=O) groups is 1. The summed E-state index contributed by atoms with van der Waals surface area (Å²) in [4.78, 5) is 18.6. The van der Waals surface area contributed by atoms with Crippen molar-refractivity contribution in [3.8, 4) is 0 Å². The van der Waals surface area contributed by atoms with Gasteiger partial charge in [-0.2, -0.15) is 0 Å². The van der Waals surface area contributed by atoms with E-state index in [4.69, 9.17) is 11.6 Å². The van der Waals surface area contributed by atoms with E-state index in [1.54, 1.807) is 24.5 Å². The topological polar surface area (TPSA) is 75.9 Å². The van der Waals surface area contributed by atoms with Crippen molar-refractivity contribution in [3.05, 3.63) is 71.0 Å². The zero-order chi connectivity index (χ0) is 19.5. The van der Waals surface area contributed by atoms with Gasteiger partial charge >= 0.3 is 6.03 Å². The number of nitrogens with one attached hydrogen (secondary N) is 1. The number of hydrogen-bond acceptors (Lipinski definition) is 4. The maximum Gasteiger partial charge on any atom is 0.322 e. The summed E-state index contributed by atoms with van der Waals surface area (Å²) in [5.41, 5.74) is 1.84. The van der Waals surface area contributed by atoms with Crippen LogP contribution in [0.4, 0.5) is 10.5 Å². The Morgan fingerprint density at radius 2 is 1.93 bits per heavy atom. The number of nitrogens with zero attached hydrogens (tertiary/aromatic N) is 5. The van der Waals surface area contributed by atoms with Gasteiger partial charge in [0, 0.05) is 29.6 Å². The Morgan fingerprint density at radius 1 is 1.18 bits per heavy atom. The SMILES string of the molecule is Cc1nnc([C@H]2CCCN2C(=O)Nc2ccncc2)n1Cc1ccc(Cl)cc1. The molecule has 8 heteroatoms. The molecule has 7 nitrogen and oxygen atoms in total. The second-order valence-corrected chi connectivity index (χ2v) is 7.27. The molecule has 0 spiro atoms. The number of likely N-dealkylation sites (tertiary alicyclic amines) is 1. The van der Waals surface area contributed by atoms with Crippen LogP contribution < -0.4 is 5.32 Å². The molecule has 0 saturated carbocycles. The summed E-state index contributed by atoms with van der Waals surface area (Å²) in [7, 11) is 0. The van der Waals surface area contributed by atoms with Crippen molar-refractivity contribution in [2.75, 3.05) is 11.9 Å². The number of rotatable bonds is 4. The van der Waals surface area contributed by atoms with E-state index < -0.39 is 0 Å². The third-order valence-corrected chi connectivity index (χ3v) is 5.21. The monoisotopic (exact) mass is 396 g/mol. The van der Waals surface area contributed by atoms with Gasteiger partial charge in [-0.3, -0.25) is 4.98 Å². The Labute approximate surface area is 168 Å². The van der Waals surface area contributed by atoms with Crippen LogP contribution in [0.1, 0.15) is 36.1 Å². The highest BCUT2D eigenvalue weighted by Crippen LogP contribution is 2.32. The molecule has 0 aliphatic carbocycles. The van der Waals surface area contributed by atoms with Crippen LogP contribution in [0.5, 0.6) is 0 Å². The average Bonchev–Trinajstić information content (AvgIpc) is 3.32. The quantitative estimate of drug-likeness (QED) is 0.721. The Bertz CT molecular complexity index is 957. The molecule has 3 heterocycles. The predicted molar refractivity (Wildman–Crippen MR) is 107 cm³/mol. The van der Waals surface area contributed by atoms with Crippen molar-refractivity contribution < 1.29 is 4.79 Å². The van der Waals surface area contributed by atoms with E-state index in [0.29, 0.717) is 18.1 Å². The third-order valence-electron chi connectivity index (χ3n) is 4.96. The van der Waals surface area contributed by atoms with Crippen LogP contribution in [-0.2, 0) is 6.54 Å². The first-order valence-corrected chi connectivity index (χ1v) is 9.61. The fourth-order valence-corrected chi connectivity index (χ4v) is 3.65. The van der Waals surface area contributed by atoms with E-state index in [-0.39, 0.29) is 12.1 Å². The van der Waals surface area contributed by atoms with Gasteiger partial charge in [0.15, 0.2) is 5.82 Å². The molecule has 144 valence electrons. The van der Waals surface area contributed by atoms with Gasteiger partial charge < -0.3 is 14.8 Å². The number of anilines is 1. The number of amides is 2. The number of halogens is 1. The number of benzene rings is 1. The second kappa shape index (κ2) is 7.98. The van der Waals surface area contributed by atoms with E-state index in [2.05, 4.69) is 25.1 Å². The molecular weight excluding hydrogens is 376 g/mol. The zero-order valence-corrected chi connectivity index (χ0v) is 16.3. The van der Waals surface area contributed by atoms with Gasteiger partial charge in [0.25, 0.3) is 0 Å². The van der Waals surface area contributed by atoms with Crippen LogP contribution in [0.25, 0.3) is 0 Å². The minimum absolute atomic E-state index is 0.102. The maximum atomic E-state index is 12.8. The first kappa shape index (κ1) is 18.4. The summed E-state index contributed by atoms with van der Waals surface area (Å²) in [5.74, 6) is 1.64. The summed E-state index contributed by atoms with van der Waals surface area (Å²) in [6, 6.07) is 11.1. The molecule has 0 unspecified atom stereocenters. The fourth-order valence-electron chi connectivity index (χ4n) is 3.52. The van der Waals surface area contributed by atoms with E-state index in [1.165, 1.54) is 0 Å². The van der Waals surface area contributed by atoms with Crippen molar-refractivity contribution in [2.45, 2.75) is 32.4 Å². The number of urea groups is 1. The molecule has 1 atom stereocenters. The molecule has 2 amide bonds. The largest absolute Gasteiger partial charge is 0.322 e. The normalized spacial score (nSPS) is 16.4. The van der Waals surface area contributed by atoms with E-state index in [9.17, 15) is 4.79 Å². The zero-order valence-electron chi connectivity index (χ0n) is 15.5. The molecule has 0 bridgehead atoms. The van der Waals surface area contributed by atoms with Crippen molar-refractivity contribution in [2.24, 2.45) is 0 Å². The molecule has 1 fully saturated rings. The number of pyridine rings is 1. The first-order chi connectivity index (χ1) is 13.6. The highest BCUT2D eigenvalue weighted by Gasteiger charge is 2.34. The molecule has 4 rings (SSSR count). The van der Waals surface area contributed by atoms with E-state index in [0.717, 1.165) is 35.7 Å². The van der Waals surface area contributed by atoms with Crippen LogP contribution in [0, 0.1) is 6.92 Å². The van der Waals surface area contributed by atoms with Crippen LogP contribution in [0.3, 0.4) is 0 Å². The molecule has 1 aromatic carbocycles. The minimum Gasteiger partial charge on any atom is -0.314 e. The lowest BCUT2D eigenvalue weighted by molar-refractivity contribution is 0.204. The van der Waals surface area contributed by atoms with Crippen molar-refractivity contribution in [3.63, 3.8) is 0 Å². The summed E-state index contributed by atoms with van der Waals surface area (Å²) in [6.07, 6.45) is 5.11. The van der Waals surface area contributed by atoms with E-state index in [1.807, 2.05) is 36.1 Å². The Balaban J connectivity index is 1.56. The molecular formula is C20H21ClN6O. The summed E-state index contributed by atoms with van der Waals surface area (Å²) in [5, 5.41) is 12.3. The van der Waals surface area contributed by atoms with Crippen LogP contribution >= 0.6 is 11.6 Å². The van der Waals surface area contributed by atoms with Crippen molar-refractivity contribution >= 4 is 23.3 Å². The molecule has 28 heavy (non-hydrogen) atoms. The van der Waals surface area contributed by atoms with Gasteiger partial charge in [0.2, 0.25) is 0 Å². The second-order valence-electron chi connectivity index (χ2n) is 6.84. The summed E-state index contributed by atoms with van der Waals surface area (Å²) < 4.78 is 2.08. The average molecular weight is 397 g/mol. The lowest BCUT2D eigenvalue weighted by Gasteiger charge is -2.25. The van der Waals surface area contributed by atoms with Gasteiger partial charge in [-0.15, -0.1) is 10.2 Å². The summed E-state index contributed by atoms with van der Waals surface area (Å²) in [6.45, 7) is 3.26. The highest BCUT2D eigenvalue weighted by atomic mass is 35.5. The Morgan fingerprint density at radius 3 is 2.68 bits per heavy atom. The number of aromatic nitrogens is 4. The third kappa shape index (κ3) is 3.84. The number of aryl methyl sites for hydroxylation is 1. The van der Waals surface area contributed by atoms with Gasteiger partial charge in [-0.25, -0.2) is 4.79 Å². The van der Waals surface area contributed by atoms with Crippen molar-refractivity contribution in [1.82, 2.24) is 24.6 Å². The standard InChI is InChI=1S/C20H21ClN6O/c1-14-24-25-19(27(14)13-15-4-6-16(21)7-5-15)18-3-2-12-26(18)20(28)23-17-8-10-22-11-9-17/h4-11,18H,2-3,12-13H2,1H3,(H,22,23,28)/t18-/m1/s1. The molecule has 1 aliphatic rings. The molecule has 1 N–H and O–H groups in total. The molecule has 0 radical (unpaired) electrons. The lowest BCUT2D eigenvalue weighted by Crippen LogP contribution is -2.35. The minimum atomic E-state index is -0.132. The maximum absolute atomic E-state index is 12.8. The molecule has 1 saturated heterocycles. The Hall–Kier alpha value is -2.93. The van der Waals surface area contributed by atoms with Crippen molar-refractivity contribution in [1.29, 1.82) is 0 Å². The smallest absolute Gasteiger partial charge is 0.314 e. The summed E-state index contributed by atoms with van der Waals surface area (Å²) >= 11 is 5.99. The fraction of sp³-hybridized carbons (Fsp3) is 0.300.